The topological polar surface area (TPSA) is 102 Å². The molecule has 1 aromatic carbocycles. The fourth-order valence-corrected chi connectivity index (χ4v) is 2.98. The van der Waals surface area contributed by atoms with Gasteiger partial charge in [-0.3, -0.25) is 15.1 Å². The molecule has 0 radical (unpaired) electrons. The summed E-state index contributed by atoms with van der Waals surface area (Å²) in [7, 11) is 0. The lowest BCUT2D eigenvalue weighted by molar-refractivity contribution is 0.0636. The van der Waals surface area contributed by atoms with Gasteiger partial charge in [-0.05, 0) is 57.5 Å². The zero-order valence-electron chi connectivity index (χ0n) is 19.1. The van der Waals surface area contributed by atoms with E-state index in [0.29, 0.717) is 11.4 Å². The minimum atomic E-state index is -0.737. The smallest absolute Gasteiger partial charge is 0.412 e. The summed E-state index contributed by atoms with van der Waals surface area (Å²) in [5, 5.41) is 5.37. The second kappa shape index (κ2) is 10.5. The van der Waals surface area contributed by atoms with Crippen LogP contribution in [0.3, 0.4) is 0 Å². The maximum absolute atomic E-state index is 13.8. The summed E-state index contributed by atoms with van der Waals surface area (Å²) in [4.78, 5) is 33.1. The molecule has 0 aliphatic rings. The summed E-state index contributed by atoms with van der Waals surface area (Å²) < 4.78 is 24.7. The number of anilines is 2. The van der Waals surface area contributed by atoms with Gasteiger partial charge in [0.2, 0.25) is 0 Å². The average molecular weight is 487 g/mol. The first-order valence-electron chi connectivity index (χ1n) is 10.3. The fraction of sp³-hybridized carbons (Fsp3) is 0.250. The largest absolute Gasteiger partial charge is 0.487 e. The van der Waals surface area contributed by atoms with E-state index in [1.54, 1.807) is 45.9 Å². The maximum Gasteiger partial charge on any atom is 0.412 e. The Morgan fingerprint density at radius 1 is 1.09 bits per heavy atom. The first-order valence-corrected chi connectivity index (χ1v) is 10.7. The molecule has 0 atom stereocenters. The summed E-state index contributed by atoms with van der Waals surface area (Å²) in [6.45, 7) is 6.89. The second-order valence-corrected chi connectivity index (χ2v) is 8.72. The molecule has 0 aliphatic carbocycles. The van der Waals surface area contributed by atoms with Gasteiger partial charge in [0.1, 0.15) is 34.6 Å². The van der Waals surface area contributed by atoms with Crippen molar-refractivity contribution in [3.63, 3.8) is 0 Å². The van der Waals surface area contributed by atoms with E-state index in [0.717, 1.165) is 5.56 Å². The molecule has 0 unspecified atom stereocenters. The number of rotatable bonds is 6. The van der Waals surface area contributed by atoms with Crippen LogP contribution in [0.4, 0.5) is 20.6 Å². The van der Waals surface area contributed by atoms with E-state index in [2.05, 4.69) is 20.6 Å². The van der Waals surface area contributed by atoms with Gasteiger partial charge < -0.3 is 14.8 Å². The molecule has 0 aliphatic heterocycles. The quantitative estimate of drug-likeness (QED) is 0.430. The lowest BCUT2D eigenvalue weighted by Crippen LogP contribution is -2.28. The second-order valence-electron chi connectivity index (χ2n) is 8.33. The maximum atomic E-state index is 13.8. The summed E-state index contributed by atoms with van der Waals surface area (Å²) in [6, 6.07) is 9.19. The highest BCUT2D eigenvalue weighted by Crippen LogP contribution is 2.26. The van der Waals surface area contributed by atoms with Crippen molar-refractivity contribution in [3.05, 3.63) is 76.6 Å². The first kappa shape index (κ1) is 24.9. The highest BCUT2D eigenvalue weighted by atomic mass is 35.5. The van der Waals surface area contributed by atoms with Crippen LogP contribution < -0.4 is 15.4 Å². The SMILES string of the molecule is Cc1ccc(OCc2ncccc2F)cc1NC(=O)c1cc(Cl)ncc1NC(=O)OC(C)(C)C. The third-order valence-corrected chi connectivity index (χ3v) is 4.62. The lowest BCUT2D eigenvalue weighted by atomic mass is 10.1. The van der Waals surface area contributed by atoms with Crippen molar-refractivity contribution in [2.75, 3.05) is 10.6 Å². The molecule has 2 N–H and O–H groups in total. The molecule has 2 amide bonds. The lowest BCUT2D eigenvalue weighted by Gasteiger charge is -2.20. The normalized spacial score (nSPS) is 11.0. The molecule has 0 bridgehead atoms. The molecule has 8 nitrogen and oxygen atoms in total. The Labute approximate surface area is 201 Å². The van der Waals surface area contributed by atoms with E-state index in [-0.39, 0.29) is 28.7 Å². The van der Waals surface area contributed by atoms with Crippen LogP contribution >= 0.6 is 11.6 Å². The number of nitrogens with one attached hydrogen (secondary N) is 2. The zero-order chi connectivity index (χ0) is 24.9. The molecule has 178 valence electrons. The van der Waals surface area contributed by atoms with Crippen molar-refractivity contribution in [3.8, 4) is 5.75 Å². The van der Waals surface area contributed by atoms with E-state index in [1.165, 1.54) is 30.6 Å². The van der Waals surface area contributed by atoms with E-state index >= 15 is 0 Å². The van der Waals surface area contributed by atoms with Gasteiger partial charge in [0, 0.05) is 18.0 Å². The molecule has 10 heteroatoms. The number of hydrogen-bond donors (Lipinski definition) is 2. The summed E-state index contributed by atoms with van der Waals surface area (Å²) in [6.07, 6.45) is 2.01. The van der Waals surface area contributed by atoms with Crippen LogP contribution in [0.15, 0.2) is 48.8 Å². The summed E-state index contributed by atoms with van der Waals surface area (Å²) in [5.74, 6) is -0.597. The van der Waals surface area contributed by atoms with Crippen LogP contribution in [0.5, 0.6) is 5.75 Å². The fourth-order valence-electron chi connectivity index (χ4n) is 2.82. The Balaban J connectivity index is 1.77. The van der Waals surface area contributed by atoms with Crippen molar-refractivity contribution in [1.82, 2.24) is 9.97 Å². The number of halogens is 2. The van der Waals surface area contributed by atoms with Crippen LogP contribution in [0, 0.1) is 12.7 Å². The molecule has 3 aromatic rings. The van der Waals surface area contributed by atoms with E-state index < -0.39 is 23.4 Å². The average Bonchev–Trinajstić information content (AvgIpc) is 2.75. The van der Waals surface area contributed by atoms with Crippen molar-refractivity contribution in [1.29, 1.82) is 0 Å². The van der Waals surface area contributed by atoms with Crippen LogP contribution in [-0.2, 0) is 11.3 Å². The molecule has 2 heterocycles. The van der Waals surface area contributed by atoms with Crippen molar-refractivity contribution in [2.24, 2.45) is 0 Å². The number of hydrogen-bond acceptors (Lipinski definition) is 6. The summed E-state index contributed by atoms with van der Waals surface area (Å²) >= 11 is 5.98. The number of nitrogens with zero attached hydrogens (tertiary/aromatic N) is 2. The van der Waals surface area contributed by atoms with Gasteiger partial charge >= 0.3 is 6.09 Å². The van der Waals surface area contributed by atoms with Gasteiger partial charge in [-0.1, -0.05) is 17.7 Å². The van der Waals surface area contributed by atoms with Crippen LogP contribution in [-0.4, -0.2) is 27.6 Å². The van der Waals surface area contributed by atoms with Gasteiger partial charge in [-0.2, -0.15) is 0 Å². The minimum Gasteiger partial charge on any atom is -0.487 e. The third-order valence-electron chi connectivity index (χ3n) is 4.42. The van der Waals surface area contributed by atoms with Crippen LogP contribution in [0.2, 0.25) is 5.15 Å². The number of aryl methyl sites for hydroxylation is 1. The van der Waals surface area contributed by atoms with E-state index in [9.17, 15) is 14.0 Å². The number of carbonyl (C=O) groups excluding carboxylic acids is 2. The van der Waals surface area contributed by atoms with Gasteiger partial charge in [-0.15, -0.1) is 0 Å². The van der Waals surface area contributed by atoms with Crippen LogP contribution in [0.1, 0.15) is 42.4 Å². The molecule has 2 aromatic heterocycles. The van der Waals surface area contributed by atoms with E-state index in [4.69, 9.17) is 21.1 Å². The Morgan fingerprint density at radius 2 is 1.85 bits per heavy atom. The molecule has 0 spiro atoms. The number of pyridine rings is 2. The molecule has 0 saturated carbocycles. The molecular formula is C24H24ClFN4O4. The summed E-state index contributed by atoms with van der Waals surface area (Å²) in [5.41, 5.74) is 0.880. The third kappa shape index (κ3) is 6.89. The first-order chi connectivity index (χ1) is 16.0. The highest BCUT2D eigenvalue weighted by molar-refractivity contribution is 6.30. The number of amides is 2. The van der Waals surface area contributed by atoms with E-state index in [1.807, 2.05) is 0 Å². The number of benzene rings is 1. The van der Waals surface area contributed by atoms with Crippen molar-refractivity contribution in [2.45, 2.75) is 39.9 Å². The Morgan fingerprint density at radius 3 is 2.56 bits per heavy atom. The molecular weight excluding hydrogens is 463 g/mol. The van der Waals surface area contributed by atoms with Gasteiger partial charge in [0.25, 0.3) is 5.91 Å². The number of aromatic nitrogens is 2. The van der Waals surface area contributed by atoms with Crippen molar-refractivity contribution >= 4 is 35.0 Å². The van der Waals surface area contributed by atoms with Gasteiger partial charge in [0.15, 0.2) is 0 Å². The molecule has 34 heavy (non-hydrogen) atoms. The van der Waals surface area contributed by atoms with Gasteiger partial charge in [0.05, 0.1) is 17.4 Å². The Kier molecular flexibility index (Phi) is 7.68. The monoisotopic (exact) mass is 486 g/mol. The number of carbonyl (C=O) groups is 2. The molecule has 0 fully saturated rings. The molecule has 0 saturated heterocycles. The van der Waals surface area contributed by atoms with Crippen LogP contribution in [0.25, 0.3) is 0 Å². The minimum absolute atomic E-state index is 0.0751. The van der Waals surface area contributed by atoms with Gasteiger partial charge in [-0.25, -0.2) is 14.2 Å². The Hall–Kier alpha value is -3.72. The standard InChI is InChI=1S/C24H24ClFN4O4/c1-14-7-8-15(33-13-20-17(26)6-5-9-27-20)10-18(14)29-22(31)16-11-21(25)28-12-19(16)30-23(32)34-24(2,3)4/h5-12H,13H2,1-4H3,(H,29,31)(H,30,32). The highest BCUT2D eigenvalue weighted by Gasteiger charge is 2.20. The number of ether oxygens (including phenoxy) is 2. The predicted octanol–water partition coefficient (Wildman–Crippen LogP) is 5.76. The molecule has 3 rings (SSSR count). The predicted molar refractivity (Wildman–Crippen MR) is 127 cm³/mol. The Bertz CT molecular complexity index is 1210. The van der Waals surface area contributed by atoms with Crippen molar-refractivity contribution < 1.29 is 23.5 Å². The zero-order valence-corrected chi connectivity index (χ0v) is 19.9.